The van der Waals surface area contributed by atoms with Crippen LogP contribution in [0.1, 0.15) is 24.2 Å². The summed E-state index contributed by atoms with van der Waals surface area (Å²) in [5.74, 6) is -0.0834. The van der Waals surface area contributed by atoms with Gasteiger partial charge in [-0.25, -0.2) is 0 Å². The van der Waals surface area contributed by atoms with Crippen LogP contribution in [0.3, 0.4) is 0 Å². The molecule has 0 radical (unpaired) electrons. The Morgan fingerprint density at radius 2 is 1.93 bits per heavy atom. The molecule has 4 nitrogen and oxygen atoms in total. The Morgan fingerprint density at radius 3 is 2.36 bits per heavy atom. The van der Waals surface area contributed by atoms with Gasteiger partial charge in [-0.2, -0.15) is 0 Å². The molecule has 1 saturated carbocycles. The lowest BCUT2D eigenvalue weighted by Crippen LogP contribution is -2.41. The maximum absolute atomic E-state index is 11.6. The van der Waals surface area contributed by atoms with E-state index in [0.717, 1.165) is 24.2 Å². The summed E-state index contributed by atoms with van der Waals surface area (Å²) in [5.41, 5.74) is 10.0. The second kappa shape index (κ2) is 2.85. The zero-order valence-electron chi connectivity index (χ0n) is 8.50. The zero-order chi connectivity index (χ0) is 10.3. The van der Waals surface area contributed by atoms with Gasteiger partial charge in [-0.05, 0) is 38.8 Å². The maximum Gasteiger partial charge on any atom is 0.258 e. The molecule has 0 atom stereocenters. The number of carbonyl (C=O) groups excluding carboxylic acids is 1. The summed E-state index contributed by atoms with van der Waals surface area (Å²) in [6, 6.07) is 3.93. The predicted octanol–water partition coefficient (Wildman–Crippen LogP) is 0.666. The molecule has 0 aliphatic heterocycles. The predicted molar refractivity (Wildman–Crippen MR) is 54.4 cm³/mol. The minimum atomic E-state index is -0.608. The Bertz CT molecular complexity index is 357. The first-order valence-corrected chi connectivity index (χ1v) is 4.78. The number of amides is 1. The normalized spacial score (nSPS) is 17.9. The third-order valence-electron chi connectivity index (χ3n) is 2.73. The summed E-state index contributed by atoms with van der Waals surface area (Å²) in [6.45, 7) is 3.90. The van der Waals surface area contributed by atoms with Crippen molar-refractivity contribution in [1.82, 2.24) is 4.68 Å². The van der Waals surface area contributed by atoms with Gasteiger partial charge >= 0.3 is 0 Å². The number of hydrogen-bond donors (Lipinski definition) is 2. The molecule has 1 aliphatic rings. The average molecular weight is 193 g/mol. The molecule has 0 bridgehead atoms. The van der Waals surface area contributed by atoms with E-state index in [4.69, 9.17) is 5.73 Å². The van der Waals surface area contributed by atoms with E-state index in [2.05, 4.69) is 5.43 Å². The van der Waals surface area contributed by atoms with Crippen molar-refractivity contribution in [3.05, 3.63) is 23.5 Å². The van der Waals surface area contributed by atoms with Crippen molar-refractivity contribution in [2.75, 3.05) is 5.43 Å². The Morgan fingerprint density at radius 1 is 1.43 bits per heavy atom. The van der Waals surface area contributed by atoms with Crippen LogP contribution in [0.25, 0.3) is 0 Å². The average Bonchev–Trinajstić information content (AvgIpc) is 2.82. The quantitative estimate of drug-likeness (QED) is 0.725. The number of aromatic nitrogens is 1. The number of nitrogens with one attached hydrogen (secondary N) is 1. The largest absolute Gasteiger partial charge is 0.317 e. The zero-order valence-corrected chi connectivity index (χ0v) is 8.50. The first-order chi connectivity index (χ1) is 6.53. The van der Waals surface area contributed by atoms with Crippen LogP contribution < -0.4 is 11.2 Å². The van der Waals surface area contributed by atoms with Crippen molar-refractivity contribution in [2.24, 2.45) is 5.73 Å². The van der Waals surface area contributed by atoms with Crippen LogP contribution in [-0.2, 0) is 4.79 Å². The number of nitrogens with zero attached hydrogens (tertiary/aromatic N) is 1. The second-order valence-electron chi connectivity index (χ2n) is 4.05. The molecular weight excluding hydrogens is 178 g/mol. The van der Waals surface area contributed by atoms with Crippen LogP contribution in [0.15, 0.2) is 12.1 Å². The number of nitrogens with two attached hydrogens (primary N) is 1. The molecule has 1 aliphatic carbocycles. The van der Waals surface area contributed by atoms with Crippen molar-refractivity contribution in [2.45, 2.75) is 32.2 Å². The Labute approximate surface area is 83.1 Å². The Kier molecular flexibility index (Phi) is 1.89. The van der Waals surface area contributed by atoms with E-state index in [9.17, 15) is 4.79 Å². The summed E-state index contributed by atoms with van der Waals surface area (Å²) >= 11 is 0. The molecule has 1 aromatic rings. The van der Waals surface area contributed by atoms with Gasteiger partial charge in [0.15, 0.2) is 0 Å². The summed E-state index contributed by atoms with van der Waals surface area (Å²) in [6.07, 6.45) is 1.58. The summed E-state index contributed by atoms with van der Waals surface area (Å²) in [7, 11) is 0. The van der Waals surface area contributed by atoms with E-state index >= 15 is 0 Å². The van der Waals surface area contributed by atoms with E-state index in [-0.39, 0.29) is 5.91 Å². The highest BCUT2D eigenvalue weighted by atomic mass is 16.2. The Hall–Kier alpha value is -1.29. The van der Waals surface area contributed by atoms with Crippen LogP contribution in [0.4, 0.5) is 0 Å². The van der Waals surface area contributed by atoms with Crippen molar-refractivity contribution in [3.8, 4) is 0 Å². The van der Waals surface area contributed by atoms with Crippen LogP contribution in [-0.4, -0.2) is 16.1 Å². The SMILES string of the molecule is Cc1ccc(C)n1NC(=O)C1(N)CC1. The van der Waals surface area contributed by atoms with Gasteiger partial charge in [-0.15, -0.1) is 0 Å². The highest BCUT2D eigenvalue weighted by Gasteiger charge is 2.46. The summed E-state index contributed by atoms with van der Waals surface area (Å²) in [5, 5.41) is 0. The molecule has 0 spiro atoms. The molecule has 1 aromatic heterocycles. The van der Waals surface area contributed by atoms with Gasteiger partial charge in [0.25, 0.3) is 5.91 Å². The monoisotopic (exact) mass is 193 g/mol. The van der Waals surface area contributed by atoms with E-state index in [1.807, 2.05) is 26.0 Å². The molecule has 4 heteroatoms. The van der Waals surface area contributed by atoms with Gasteiger partial charge in [0.2, 0.25) is 0 Å². The van der Waals surface area contributed by atoms with Crippen LogP contribution in [0.5, 0.6) is 0 Å². The maximum atomic E-state index is 11.6. The van der Waals surface area contributed by atoms with Gasteiger partial charge in [0, 0.05) is 11.4 Å². The molecule has 14 heavy (non-hydrogen) atoms. The highest BCUT2D eigenvalue weighted by molar-refractivity contribution is 5.95. The number of rotatable bonds is 2. The van der Waals surface area contributed by atoms with E-state index in [1.165, 1.54) is 0 Å². The molecule has 0 saturated heterocycles. The molecule has 2 rings (SSSR count). The number of hydrogen-bond acceptors (Lipinski definition) is 2. The highest BCUT2D eigenvalue weighted by Crippen LogP contribution is 2.32. The summed E-state index contributed by atoms with van der Waals surface area (Å²) < 4.78 is 1.77. The molecule has 1 fully saturated rings. The van der Waals surface area contributed by atoms with Gasteiger partial charge in [-0.1, -0.05) is 0 Å². The van der Waals surface area contributed by atoms with Crippen LogP contribution >= 0.6 is 0 Å². The molecule has 0 unspecified atom stereocenters. The molecule has 1 heterocycles. The third kappa shape index (κ3) is 1.42. The van der Waals surface area contributed by atoms with E-state index < -0.39 is 5.54 Å². The molecular formula is C10H15N3O. The molecule has 76 valence electrons. The van der Waals surface area contributed by atoms with Crippen LogP contribution in [0.2, 0.25) is 0 Å². The fourth-order valence-corrected chi connectivity index (χ4v) is 1.42. The van der Waals surface area contributed by atoms with Gasteiger partial charge in [0.1, 0.15) is 0 Å². The lowest BCUT2D eigenvalue weighted by Gasteiger charge is -2.14. The van der Waals surface area contributed by atoms with Gasteiger partial charge in [-0.3, -0.25) is 14.9 Å². The van der Waals surface area contributed by atoms with E-state index in [0.29, 0.717) is 0 Å². The standard InChI is InChI=1S/C10H15N3O/c1-7-3-4-8(2)13(7)12-9(14)10(11)5-6-10/h3-4H,5-6,11H2,1-2H3,(H,12,14). The van der Waals surface area contributed by atoms with Crippen molar-refractivity contribution in [3.63, 3.8) is 0 Å². The first kappa shape index (κ1) is 9.27. The second-order valence-corrected chi connectivity index (χ2v) is 4.05. The third-order valence-corrected chi connectivity index (χ3v) is 2.73. The lowest BCUT2D eigenvalue weighted by atomic mass is 10.3. The molecule has 3 N–H and O–H groups in total. The Balaban J connectivity index is 2.14. The fraction of sp³-hybridized carbons (Fsp3) is 0.500. The number of aryl methyl sites for hydroxylation is 2. The first-order valence-electron chi connectivity index (χ1n) is 4.78. The topological polar surface area (TPSA) is 60.0 Å². The minimum Gasteiger partial charge on any atom is -0.317 e. The van der Waals surface area contributed by atoms with Gasteiger partial charge in [0.05, 0.1) is 5.54 Å². The lowest BCUT2D eigenvalue weighted by molar-refractivity contribution is -0.119. The minimum absolute atomic E-state index is 0.0834. The van der Waals surface area contributed by atoms with Crippen molar-refractivity contribution < 1.29 is 4.79 Å². The van der Waals surface area contributed by atoms with E-state index in [1.54, 1.807) is 4.68 Å². The van der Waals surface area contributed by atoms with Crippen LogP contribution in [0, 0.1) is 13.8 Å². The molecule has 0 aromatic carbocycles. The summed E-state index contributed by atoms with van der Waals surface area (Å²) in [4.78, 5) is 11.6. The fourth-order valence-electron chi connectivity index (χ4n) is 1.42. The molecule has 1 amide bonds. The van der Waals surface area contributed by atoms with Crippen molar-refractivity contribution >= 4 is 5.91 Å². The smallest absolute Gasteiger partial charge is 0.258 e. The van der Waals surface area contributed by atoms with Gasteiger partial charge < -0.3 is 5.73 Å². The van der Waals surface area contributed by atoms with Crippen molar-refractivity contribution in [1.29, 1.82) is 0 Å². The number of carbonyl (C=O) groups is 1.